The van der Waals surface area contributed by atoms with Crippen LogP contribution < -0.4 is 10.5 Å². The number of hydrogen-bond donors (Lipinski definition) is 1. The van der Waals surface area contributed by atoms with E-state index >= 15 is 0 Å². The normalized spacial score (nSPS) is 12.2. The number of nitrogens with zero attached hydrogens (tertiary/aromatic N) is 1. The van der Waals surface area contributed by atoms with Gasteiger partial charge in [-0.1, -0.05) is 36.4 Å². The van der Waals surface area contributed by atoms with E-state index in [0.717, 1.165) is 18.5 Å². The molecule has 24 heavy (non-hydrogen) atoms. The lowest BCUT2D eigenvalue weighted by molar-refractivity contribution is -0.120. The fraction of sp³-hybridized carbons (Fsp3) is 0.316. The summed E-state index contributed by atoms with van der Waals surface area (Å²) in [5, 5.41) is 0. The van der Waals surface area contributed by atoms with Crippen molar-refractivity contribution in [2.24, 2.45) is 5.73 Å². The van der Waals surface area contributed by atoms with Gasteiger partial charge < -0.3 is 15.4 Å². The maximum Gasteiger partial charge on any atom is 0.255 e. The van der Waals surface area contributed by atoms with Crippen molar-refractivity contribution in [3.05, 3.63) is 65.5 Å². The molecule has 0 bridgehead atoms. The molecule has 0 heterocycles. The molecule has 0 radical (unpaired) electrons. The second-order valence-electron chi connectivity index (χ2n) is 6.09. The molecule has 4 nitrogen and oxygen atoms in total. The van der Waals surface area contributed by atoms with Crippen LogP contribution in [-0.2, 0) is 11.2 Å². The maximum atomic E-state index is 13.9. The van der Waals surface area contributed by atoms with Crippen LogP contribution in [0.15, 0.2) is 48.5 Å². The van der Waals surface area contributed by atoms with Crippen molar-refractivity contribution in [1.29, 1.82) is 0 Å². The molecule has 1 atom stereocenters. The van der Waals surface area contributed by atoms with Crippen molar-refractivity contribution in [3.8, 4) is 5.75 Å². The van der Waals surface area contributed by atoms with Crippen LogP contribution in [0.3, 0.4) is 0 Å². The first-order valence-electron chi connectivity index (χ1n) is 7.85. The molecular weight excluding hydrogens is 307 g/mol. The predicted molar refractivity (Wildman–Crippen MR) is 92.5 cm³/mol. The summed E-state index contributed by atoms with van der Waals surface area (Å²) in [5.41, 5.74) is 7.25. The van der Waals surface area contributed by atoms with Crippen molar-refractivity contribution in [2.75, 3.05) is 27.2 Å². The van der Waals surface area contributed by atoms with E-state index in [1.807, 2.05) is 32.3 Å². The quantitative estimate of drug-likeness (QED) is 0.809. The molecule has 0 aliphatic heterocycles. The molecule has 5 heteroatoms. The number of carbonyl (C=O) groups excluding carboxylic acids is 1. The molecule has 128 valence electrons. The molecule has 2 N–H and O–H groups in total. The maximum absolute atomic E-state index is 13.9. The highest BCUT2D eigenvalue weighted by Crippen LogP contribution is 2.27. The highest BCUT2D eigenvalue weighted by Gasteiger charge is 2.16. The molecule has 0 aliphatic carbocycles. The molecule has 1 unspecified atom stereocenters. The van der Waals surface area contributed by atoms with Crippen molar-refractivity contribution >= 4 is 5.91 Å². The Morgan fingerprint density at radius 2 is 1.92 bits per heavy atom. The van der Waals surface area contributed by atoms with Crippen LogP contribution >= 0.6 is 0 Å². The molecule has 0 spiro atoms. The minimum absolute atomic E-state index is 0.0584. The van der Waals surface area contributed by atoms with Crippen molar-refractivity contribution in [2.45, 2.75) is 12.3 Å². The van der Waals surface area contributed by atoms with E-state index < -0.39 is 11.7 Å². The summed E-state index contributed by atoms with van der Waals surface area (Å²) in [7, 11) is 4.01. The summed E-state index contributed by atoms with van der Waals surface area (Å²) in [6, 6.07) is 15.0. The third kappa shape index (κ3) is 5.35. The summed E-state index contributed by atoms with van der Waals surface area (Å²) in [6.45, 7) is 0.479. The van der Waals surface area contributed by atoms with Crippen LogP contribution in [0.4, 0.5) is 4.39 Å². The van der Waals surface area contributed by atoms with E-state index in [-0.39, 0.29) is 18.3 Å². The highest BCUT2D eigenvalue weighted by atomic mass is 19.1. The van der Waals surface area contributed by atoms with E-state index in [1.54, 1.807) is 12.1 Å². The first kappa shape index (κ1) is 17.9. The number of rotatable bonds is 8. The monoisotopic (exact) mass is 330 g/mol. The Morgan fingerprint density at radius 1 is 1.21 bits per heavy atom. The Bertz CT molecular complexity index is 674. The Morgan fingerprint density at radius 3 is 2.54 bits per heavy atom. The highest BCUT2D eigenvalue weighted by molar-refractivity contribution is 5.75. The Labute approximate surface area is 142 Å². The number of amides is 1. The van der Waals surface area contributed by atoms with Gasteiger partial charge in [-0.25, -0.2) is 4.39 Å². The van der Waals surface area contributed by atoms with E-state index in [2.05, 4.69) is 17.0 Å². The second-order valence-corrected chi connectivity index (χ2v) is 6.09. The minimum Gasteiger partial charge on any atom is -0.481 e. The molecule has 2 rings (SSSR count). The number of likely N-dealkylation sites (N-methyl/N-ethyl adjacent to an activating group) is 1. The molecule has 0 saturated carbocycles. The van der Waals surface area contributed by atoms with Gasteiger partial charge in [0, 0.05) is 12.5 Å². The number of carbonyl (C=O) groups is 1. The smallest absolute Gasteiger partial charge is 0.255 e. The van der Waals surface area contributed by atoms with Gasteiger partial charge in [-0.05, 0) is 43.8 Å². The first-order valence-corrected chi connectivity index (χ1v) is 7.85. The van der Waals surface area contributed by atoms with Crippen molar-refractivity contribution < 1.29 is 13.9 Å². The van der Waals surface area contributed by atoms with E-state index in [9.17, 15) is 9.18 Å². The molecule has 0 aromatic heterocycles. The van der Waals surface area contributed by atoms with Gasteiger partial charge in [0.15, 0.2) is 18.2 Å². The summed E-state index contributed by atoms with van der Waals surface area (Å²) in [6.07, 6.45) is 0.833. The third-order valence-corrected chi connectivity index (χ3v) is 3.71. The summed E-state index contributed by atoms with van der Waals surface area (Å²) in [5.74, 6) is -0.890. The van der Waals surface area contributed by atoms with Crippen molar-refractivity contribution in [3.63, 3.8) is 0 Å². The number of ether oxygens (including phenoxy) is 1. The van der Waals surface area contributed by atoms with Gasteiger partial charge in [-0.2, -0.15) is 0 Å². The molecule has 0 aliphatic rings. The van der Waals surface area contributed by atoms with Crippen LogP contribution in [0.2, 0.25) is 0 Å². The van der Waals surface area contributed by atoms with Crippen LogP contribution in [0, 0.1) is 5.82 Å². The van der Waals surface area contributed by atoms with Gasteiger partial charge in [-0.15, -0.1) is 0 Å². The minimum atomic E-state index is -0.631. The van der Waals surface area contributed by atoms with Gasteiger partial charge >= 0.3 is 0 Å². The fourth-order valence-corrected chi connectivity index (χ4v) is 2.66. The van der Waals surface area contributed by atoms with Crippen LogP contribution in [0.5, 0.6) is 5.75 Å². The lowest BCUT2D eigenvalue weighted by Gasteiger charge is -2.22. The van der Waals surface area contributed by atoms with E-state index in [1.165, 1.54) is 11.6 Å². The molecule has 0 saturated heterocycles. The van der Waals surface area contributed by atoms with Crippen LogP contribution in [-0.4, -0.2) is 38.1 Å². The predicted octanol–water partition coefficient (Wildman–Crippen LogP) is 2.58. The summed E-state index contributed by atoms with van der Waals surface area (Å²) < 4.78 is 19.1. The SMILES string of the molecule is CN(C)CC(Cc1ccccc1)c1ccc(F)c(OCC(N)=O)c1. The molecular formula is C19H23FN2O2. The zero-order valence-electron chi connectivity index (χ0n) is 14.0. The summed E-state index contributed by atoms with van der Waals surface area (Å²) >= 11 is 0. The number of benzene rings is 2. The Kier molecular flexibility index (Phi) is 6.32. The van der Waals surface area contributed by atoms with E-state index in [4.69, 9.17) is 10.5 Å². The van der Waals surface area contributed by atoms with Gasteiger partial charge in [-0.3, -0.25) is 4.79 Å². The lowest BCUT2D eigenvalue weighted by atomic mass is 9.91. The first-order chi connectivity index (χ1) is 11.5. The average Bonchev–Trinajstić information content (AvgIpc) is 2.54. The lowest BCUT2D eigenvalue weighted by Crippen LogP contribution is -2.22. The van der Waals surface area contributed by atoms with Gasteiger partial charge in [0.05, 0.1) is 0 Å². The number of hydrogen-bond acceptors (Lipinski definition) is 3. The number of halogens is 1. The molecule has 1 amide bonds. The van der Waals surface area contributed by atoms with Crippen molar-refractivity contribution in [1.82, 2.24) is 4.90 Å². The van der Waals surface area contributed by atoms with Gasteiger partial charge in [0.1, 0.15) is 0 Å². The van der Waals surface area contributed by atoms with Gasteiger partial charge in [0.25, 0.3) is 5.91 Å². The molecule has 2 aromatic carbocycles. The zero-order chi connectivity index (χ0) is 17.5. The largest absolute Gasteiger partial charge is 0.481 e. The average molecular weight is 330 g/mol. The van der Waals surface area contributed by atoms with Crippen LogP contribution in [0.1, 0.15) is 17.0 Å². The van der Waals surface area contributed by atoms with Crippen LogP contribution in [0.25, 0.3) is 0 Å². The molecule has 2 aromatic rings. The Hall–Kier alpha value is -2.40. The Balaban J connectivity index is 2.24. The standard InChI is InChI=1S/C19H23FN2O2/c1-22(2)12-16(10-14-6-4-3-5-7-14)15-8-9-17(20)18(11-15)24-13-19(21)23/h3-9,11,16H,10,12-13H2,1-2H3,(H2,21,23). The number of nitrogens with two attached hydrogens (primary N) is 1. The topological polar surface area (TPSA) is 55.6 Å². The molecule has 0 fully saturated rings. The fourth-order valence-electron chi connectivity index (χ4n) is 2.66. The zero-order valence-corrected chi connectivity index (χ0v) is 14.0. The summed E-state index contributed by atoms with van der Waals surface area (Å²) in [4.78, 5) is 13.0. The van der Waals surface area contributed by atoms with Gasteiger partial charge in [0.2, 0.25) is 0 Å². The second kappa shape index (κ2) is 8.45. The number of primary amides is 1. The third-order valence-electron chi connectivity index (χ3n) is 3.71. The van der Waals surface area contributed by atoms with E-state index in [0.29, 0.717) is 0 Å².